The van der Waals surface area contributed by atoms with Crippen LogP contribution in [0.2, 0.25) is 0 Å². The van der Waals surface area contributed by atoms with Crippen LogP contribution in [0.15, 0.2) is 29.3 Å². The fourth-order valence-electron chi connectivity index (χ4n) is 3.30. The van der Waals surface area contributed by atoms with Crippen molar-refractivity contribution in [2.24, 2.45) is 22.2 Å². The first-order valence-corrected chi connectivity index (χ1v) is 11.8. The van der Waals surface area contributed by atoms with E-state index >= 15 is 0 Å². The Morgan fingerprint density at radius 1 is 0.895 bits per heavy atom. The predicted molar refractivity (Wildman–Crippen MR) is 136 cm³/mol. The molecule has 6 unspecified atom stereocenters. The summed E-state index contributed by atoms with van der Waals surface area (Å²) in [5.41, 5.74) is 16.8. The van der Waals surface area contributed by atoms with Gasteiger partial charge in [0.25, 0.3) is 0 Å². The summed E-state index contributed by atoms with van der Waals surface area (Å²) in [5.74, 6) is -4.26. The number of carbonyl (C=O) groups excluding carboxylic acids is 3. The number of phenolic OH excluding ortho intramolecular Hbond substituents is 1. The highest BCUT2D eigenvalue weighted by atomic mass is 16.4. The van der Waals surface area contributed by atoms with E-state index in [9.17, 15) is 39.6 Å². The second-order valence-electron chi connectivity index (χ2n) is 8.78. The smallest absolute Gasteiger partial charge is 0.328 e. The Morgan fingerprint density at radius 2 is 1.45 bits per heavy atom. The topological polar surface area (TPSA) is 276 Å². The third-order valence-corrected chi connectivity index (χ3v) is 5.42. The maximum absolute atomic E-state index is 13.0. The van der Waals surface area contributed by atoms with Gasteiger partial charge in [-0.3, -0.25) is 19.4 Å². The van der Waals surface area contributed by atoms with Crippen LogP contribution < -0.4 is 33.2 Å². The highest BCUT2D eigenvalue weighted by Crippen LogP contribution is 2.12. The van der Waals surface area contributed by atoms with Crippen molar-refractivity contribution in [3.8, 4) is 5.75 Å². The number of aromatic hydroxyl groups is 1. The Labute approximate surface area is 219 Å². The fourth-order valence-corrected chi connectivity index (χ4v) is 3.30. The maximum atomic E-state index is 13.0. The largest absolute Gasteiger partial charge is 0.508 e. The number of aliphatic imine (C=N–C) groups is 1. The van der Waals surface area contributed by atoms with Gasteiger partial charge in [-0.1, -0.05) is 12.1 Å². The van der Waals surface area contributed by atoms with Crippen molar-refractivity contribution in [3.05, 3.63) is 29.8 Å². The lowest BCUT2D eigenvalue weighted by Gasteiger charge is -2.27. The third-order valence-electron chi connectivity index (χ3n) is 5.42. The van der Waals surface area contributed by atoms with E-state index in [1.807, 2.05) is 0 Å². The first-order chi connectivity index (χ1) is 17.7. The van der Waals surface area contributed by atoms with Crippen LogP contribution in [0.25, 0.3) is 0 Å². The number of amides is 3. The minimum Gasteiger partial charge on any atom is -0.508 e. The summed E-state index contributed by atoms with van der Waals surface area (Å²) in [5, 5.41) is 45.6. The van der Waals surface area contributed by atoms with Gasteiger partial charge in [-0.2, -0.15) is 0 Å². The number of nitrogens with one attached hydrogen (secondary N) is 3. The molecular formula is C23H37N7O8. The van der Waals surface area contributed by atoms with Crippen molar-refractivity contribution >= 4 is 29.7 Å². The molecule has 0 saturated heterocycles. The number of benzene rings is 1. The van der Waals surface area contributed by atoms with Crippen molar-refractivity contribution in [2.75, 3.05) is 6.54 Å². The molecule has 0 bridgehead atoms. The van der Waals surface area contributed by atoms with E-state index in [2.05, 4.69) is 20.9 Å². The predicted octanol–water partition coefficient (Wildman–Crippen LogP) is -3.38. The highest BCUT2D eigenvalue weighted by molar-refractivity contribution is 5.94. The van der Waals surface area contributed by atoms with Crippen LogP contribution in [0.3, 0.4) is 0 Å². The standard InChI is InChI=1S/C23H37N7O8/c1-11(31)17(29-19(34)15(24)4-3-9-27-23(25)26)21(36)28-16(10-13-5-7-14(33)8-6-13)20(35)30-18(12(2)32)22(37)38/h5-8,11-12,15-18,31-33H,3-4,9-10,24H2,1-2H3,(H,28,36)(H,29,34)(H,30,35)(H,37,38)(H4,25,26,27). The average Bonchev–Trinajstić information content (AvgIpc) is 2.83. The number of carbonyl (C=O) groups is 4. The molecule has 0 aliphatic heterocycles. The van der Waals surface area contributed by atoms with Gasteiger partial charge in [0.1, 0.15) is 17.8 Å². The van der Waals surface area contributed by atoms with Crippen molar-refractivity contribution in [2.45, 2.75) is 69.5 Å². The molecule has 1 aromatic carbocycles. The van der Waals surface area contributed by atoms with Crippen LogP contribution in [0.4, 0.5) is 0 Å². The van der Waals surface area contributed by atoms with Crippen molar-refractivity contribution in [3.63, 3.8) is 0 Å². The van der Waals surface area contributed by atoms with E-state index in [1.54, 1.807) is 0 Å². The third kappa shape index (κ3) is 11.0. The van der Waals surface area contributed by atoms with Gasteiger partial charge in [0, 0.05) is 13.0 Å². The van der Waals surface area contributed by atoms with Crippen LogP contribution in [0.5, 0.6) is 5.75 Å². The summed E-state index contributed by atoms with van der Waals surface area (Å²) in [4.78, 5) is 53.7. The molecule has 1 rings (SSSR count). The normalized spacial score (nSPS) is 15.6. The number of rotatable bonds is 15. The average molecular weight is 540 g/mol. The molecule has 0 heterocycles. The molecule has 0 aliphatic carbocycles. The molecule has 0 fully saturated rings. The fraction of sp³-hybridized carbons (Fsp3) is 0.522. The summed E-state index contributed by atoms with van der Waals surface area (Å²) in [7, 11) is 0. The van der Waals surface area contributed by atoms with Crippen LogP contribution >= 0.6 is 0 Å². The minimum absolute atomic E-state index is 0.0367. The number of carboxylic acid groups (broad SMARTS) is 1. The molecule has 1 aromatic rings. The number of guanidine groups is 1. The molecule has 212 valence electrons. The molecule has 13 N–H and O–H groups in total. The van der Waals surface area contributed by atoms with Crippen molar-refractivity contribution < 1.29 is 39.6 Å². The molecule has 0 saturated carbocycles. The summed E-state index contributed by atoms with van der Waals surface area (Å²) >= 11 is 0. The summed E-state index contributed by atoms with van der Waals surface area (Å²) in [6.45, 7) is 2.66. The van der Waals surface area contributed by atoms with E-state index in [0.29, 0.717) is 12.0 Å². The molecule has 38 heavy (non-hydrogen) atoms. The molecule has 0 aliphatic rings. The van der Waals surface area contributed by atoms with Crippen LogP contribution in [-0.4, -0.2) is 93.0 Å². The van der Waals surface area contributed by atoms with Crippen LogP contribution in [-0.2, 0) is 25.6 Å². The first kappa shape index (κ1) is 32.1. The molecule has 6 atom stereocenters. The summed E-state index contributed by atoms with van der Waals surface area (Å²) in [6.07, 6.45) is -2.43. The quantitative estimate of drug-likeness (QED) is 0.0596. The molecule has 15 heteroatoms. The first-order valence-electron chi connectivity index (χ1n) is 11.8. The van der Waals surface area contributed by atoms with E-state index in [4.69, 9.17) is 17.2 Å². The van der Waals surface area contributed by atoms with Gasteiger partial charge in [0.2, 0.25) is 17.7 Å². The molecular weight excluding hydrogens is 502 g/mol. The minimum atomic E-state index is -1.66. The SMILES string of the molecule is CC(O)C(NC(=O)C(Cc1ccc(O)cc1)NC(=O)C(NC(=O)C(N)CCCN=C(N)N)C(C)O)C(=O)O. The number of nitrogens with zero attached hydrogens (tertiary/aromatic N) is 1. The number of aliphatic hydroxyl groups excluding tert-OH is 2. The van der Waals surface area contributed by atoms with Crippen molar-refractivity contribution in [1.82, 2.24) is 16.0 Å². The van der Waals surface area contributed by atoms with Gasteiger partial charge in [0.15, 0.2) is 12.0 Å². The Morgan fingerprint density at radius 3 is 1.95 bits per heavy atom. The number of aliphatic hydroxyl groups is 2. The van der Waals surface area contributed by atoms with Crippen LogP contribution in [0, 0.1) is 0 Å². The zero-order valence-corrected chi connectivity index (χ0v) is 21.2. The molecule has 0 radical (unpaired) electrons. The zero-order valence-electron chi connectivity index (χ0n) is 21.2. The number of nitrogens with two attached hydrogens (primary N) is 3. The van der Waals surface area contributed by atoms with Crippen LogP contribution in [0.1, 0.15) is 32.3 Å². The Bertz CT molecular complexity index is 980. The van der Waals surface area contributed by atoms with E-state index in [0.717, 1.165) is 0 Å². The number of aliphatic carboxylic acids is 1. The molecule has 3 amide bonds. The maximum Gasteiger partial charge on any atom is 0.328 e. The Kier molecular flexibility index (Phi) is 12.9. The molecule has 0 spiro atoms. The summed E-state index contributed by atoms with van der Waals surface area (Å²) in [6, 6.07) is 0.0982. The van der Waals surface area contributed by atoms with Gasteiger partial charge in [-0.15, -0.1) is 0 Å². The number of phenols is 1. The lowest BCUT2D eigenvalue weighted by atomic mass is 10.0. The van der Waals surface area contributed by atoms with Gasteiger partial charge in [-0.25, -0.2) is 4.79 Å². The number of hydrogen-bond donors (Lipinski definition) is 10. The monoisotopic (exact) mass is 539 g/mol. The summed E-state index contributed by atoms with van der Waals surface area (Å²) < 4.78 is 0. The van der Waals surface area contributed by atoms with Gasteiger partial charge >= 0.3 is 5.97 Å². The van der Waals surface area contributed by atoms with E-state index in [-0.39, 0.29) is 31.1 Å². The lowest BCUT2D eigenvalue weighted by molar-refractivity contribution is -0.145. The lowest BCUT2D eigenvalue weighted by Crippen LogP contribution is -2.60. The second kappa shape index (κ2) is 15.3. The Balaban J connectivity index is 3.03. The van der Waals surface area contributed by atoms with Gasteiger partial charge in [0.05, 0.1) is 18.2 Å². The second-order valence-corrected chi connectivity index (χ2v) is 8.78. The van der Waals surface area contributed by atoms with E-state index in [1.165, 1.54) is 38.1 Å². The Hall–Kier alpha value is -3.95. The highest BCUT2D eigenvalue weighted by Gasteiger charge is 2.33. The zero-order chi connectivity index (χ0) is 29.0. The molecule has 15 nitrogen and oxygen atoms in total. The molecule has 0 aromatic heterocycles. The van der Waals surface area contributed by atoms with Crippen molar-refractivity contribution in [1.29, 1.82) is 0 Å². The number of carboxylic acids is 1. The van der Waals surface area contributed by atoms with Gasteiger partial charge < -0.3 is 53.6 Å². The van der Waals surface area contributed by atoms with E-state index < -0.39 is 60.1 Å². The number of hydrogen-bond acceptors (Lipinski definition) is 9. The van der Waals surface area contributed by atoms with Gasteiger partial charge in [-0.05, 0) is 44.4 Å².